The molecule has 1 atom stereocenters. The zero-order valence-corrected chi connectivity index (χ0v) is 8.70. The van der Waals surface area contributed by atoms with Crippen LogP contribution in [0.25, 0.3) is 5.53 Å². The van der Waals surface area contributed by atoms with E-state index in [9.17, 15) is 0 Å². The number of likely N-dealkylation sites (tertiary alicyclic amines) is 1. The third-order valence-corrected chi connectivity index (χ3v) is 5.87. The van der Waals surface area contributed by atoms with Crippen molar-refractivity contribution in [3.05, 3.63) is 5.53 Å². The third-order valence-electron chi connectivity index (χ3n) is 2.44. The Labute approximate surface area is 81.2 Å². The van der Waals surface area contributed by atoms with Gasteiger partial charge in [0.1, 0.15) is 0 Å². The van der Waals surface area contributed by atoms with Crippen LogP contribution >= 0.6 is 23.5 Å². The summed E-state index contributed by atoms with van der Waals surface area (Å²) in [5, 5.41) is 3.39. The molecule has 3 nitrogen and oxygen atoms in total. The average Bonchev–Trinajstić information content (AvgIpc) is 2.60. The summed E-state index contributed by atoms with van der Waals surface area (Å²) in [5.41, 5.74) is 8.74. The van der Waals surface area contributed by atoms with E-state index < -0.39 is 0 Å². The minimum absolute atomic E-state index is 0.0306. The number of hydrogen-bond donors (Lipinski definition) is 0. The Morgan fingerprint density at radius 3 is 2.67 bits per heavy atom. The highest BCUT2D eigenvalue weighted by Gasteiger charge is 2.44. The lowest BCUT2D eigenvalue weighted by molar-refractivity contribution is 0.318. The third kappa shape index (κ3) is 1.38. The zero-order valence-electron chi connectivity index (χ0n) is 7.06. The molecular formula is C7H12N3S2-. The highest BCUT2D eigenvalue weighted by Crippen LogP contribution is 2.51. The van der Waals surface area contributed by atoms with Crippen LogP contribution in [0.2, 0.25) is 0 Å². The van der Waals surface area contributed by atoms with E-state index in [2.05, 4.69) is 10.0 Å². The van der Waals surface area contributed by atoms with Crippen LogP contribution in [-0.2, 0) is 0 Å². The molecule has 0 bridgehead atoms. The van der Waals surface area contributed by atoms with Gasteiger partial charge in [0.05, 0.1) is 10.2 Å². The molecule has 2 saturated heterocycles. The fraction of sp³-hybridized carbons (Fsp3) is 1.00. The second-order valence-electron chi connectivity index (χ2n) is 3.32. The Morgan fingerprint density at radius 2 is 2.17 bits per heavy atom. The summed E-state index contributed by atoms with van der Waals surface area (Å²) in [6.45, 7) is 1.05. The van der Waals surface area contributed by atoms with Crippen LogP contribution in [0.3, 0.4) is 0 Å². The predicted molar refractivity (Wildman–Crippen MR) is 54.5 cm³/mol. The first-order chi connectivity index (χ1) is 5.76. The van der Waals surface area contributed by atoms with Crippen molar-refractivity contribution in [3.8, 4) is 0 Å². The lowest BCUT2D eigenvalue weighted by atomic mass is 10.3. The quantitative estimate of drug-likeness (QED) is 0.609. The van der Waals surface area contributed by atoms with Crippen LogP contribution in [0.4, 0.5) is 0 Å². The number of rotatable bonds is 1. The van der Waals surface area contributed by atoms with E-state index in [1.807, 2.05) is 30.6 Å². The van der Waals surface area contributed by atoms with Gasteiger partial charge in [0, 0.05) is 24.5 Å². The van der Waals surface area contributed by atoms with E-state index in [1.54, 1.807) is 0 Å². The Hall–Kier alpha value is 0.260. The lowest BCUT2D eigenvalue weighted by Gasteiger charge is -2.19. The average molecular weight is 202 g/mol. The molecule has 2 fully saturated rings. The highest BCUT2D eigenvalue weighted by molar-refractivity contribution is 8.21. The summed E-state index contributed by atoms with van der Waals surface area (Å²) in [5.74, 6) is 2.49. The number of hydrogen-bond acceptors (Lipinski definition) is 4. The van der Waals surface area contributed by atoms with Gasteiger partial charge >= 0.3 is 0 Å². The molecule has 0 aromatic heterocycles. The molecule has 2 aliphatic rings. The van der Waals surface area contributed by atoms with E-state index in [-0.39, 0.29) is 6.17 Å². The largest absolute Gasteiger partial charge is 0.711 e. The van der Waals surface area contributed by atoms with Gasteiger partial charge in [0.15, 0.2) is 0 Å². The van der Waals surface area contributed by atoms with Crippen LogP contribution in [0.15, 0.2) is 5.11 Å². The Bertz CT molecular complexity index is 191. The molecule has 2 heterocycles. The van der Waals surface area contributed by atoms with Gasteiger partial charge in [0.2, 0.25) is 0 Å². The van der Waals surface area contributed by atoms with Crippen molar-refractivity contribution in [1.82, 2.24) is 4.90 Å². The topological polar surface area (TPSA) is 37.9 Å². The first-order valence-corrected chi connectivity index (χ1v) is 6.05. The first-order valence-electron chi connectivity index (χ1n) is 4.08. The molecule has 12 heavy (non-hydrogen) atoms. The lowest BCUT2D eigenvalue weighted by Crippen LogP contribution is -2.24. The molecule has 0 radical (unpaired) electrons. The first kappa shape index (κ1) is 8.84. The number of thioether (sulfide) groups is 2. The molecule has 0 amide bonds. The van der Waals surface area contributed by atoms with E-state index in [4.69, 9.17) is 5.53 Å². The summed E-state index contributed by atoms with van der Waals surface area (Å²) in [4.78, 5) is 2.13. The molecular weight excluding hydrogens is 190 g/mol. The van der Waals surface area contributed by atoms with Crippen LogP contribution in [0.5, 0.6) is 0 Å². The van der Waals surface area contributed by atoms with Crippen LogP contribution < -0.4 is 0 Å². The normalized spacial score (nSPS) is 34.6. The Kier molecular flexibility index (Phi) is 2.35. The maximum atomic E-state index is 8.74. The second-order valence-corrected chi connectivity index (χ2v) is 6.54. The van der Waals surface area contributed by atoms with Gasteiger partial charge in [-0.2, -0.15) is 0 Å². The van der Waals surface area contributed by atoms with Gasteiger partial charge in [-0.3, -0.25) is 4.90 Å². The summed E-state index contributed by atoms with van der Waals surface area (Å²) < 4.78 is 0.339. The zero-order chi connectivity index (χ0) is 8.60. The van der Waals surface area contributed by atoms with Crippen LogP contribution in [0, 0.1) is 0 Å². The molecule has 1 spiro atoms. The van der Waals surface area contributed by atoms with E-state index in [1.165, 1.54) is 11.5 Å². The number of nitrogens with zero attached hydrogens (tertiary/aromatic N) is 3. The van der Waals surface area contributed by atoms with E-state index in [0.717, 1.165) is 13.0 Å². The summed E-state index contributed by atoms with van der Waals surface area (Å²) in [6.07, 6.45) is 1.03. The smallest absolute Gasteiger partial charge is 0.0818 e. The molecule has 0 aromatic carbocycles. The van der Waals surface area contributed by atoms with Crippen molar-refractivity contribution >= 4 is 23.5 Å². The Balaban J connectivity index is 2.08. The standard InChI is InChI=1S/C7H12N3S2/c1-10-5-7(4-6(10)9-8)11-2-3-12-7/h6H,2-5H2,1H3/q-1. The van der Waals surface area contributed by atoms with Crippen molar-refractivity contribution in [1.29, 1.82) is 0 Å². The molecule has 5 heteroatoms. The summed E-state index contributed by atoms with van der Waals surface area (Å²) >= 11 is 4.05. The molecule has 0 aromatic rings. The maximum absolute atomic E-state index is 8.74. The van der Waals surface area contributed by atoms with Crippen LogP contribution in [-0.4, -0.2) is 40.2 Å². The monoisotopic (exact) mass is 202 g/mol. The fourth-order valence-electron chi connectivity index (χ4n) is 1.82. The summed E-state index contributed by atoms with van der Waals surface area (Å²) in [6, 6.07) is 0. The van der Waals surface area contributed by atoms with Crippen molar-refractivity contribution in [2.45, 2.75) is 16.7 Å². The minimum atomic E-state index is 0.0306. The van der Waals surface area contributed by atoms with Gasteiger partial charge in [-0.25, -0.2) is 0 Å². The van der Waals surface area contributed by atoms with Gasteiger partial charge < -0.3 is 10.6 Å². The van der Waals surface area contributed by atoms with Gasteiger partial charge in [-0.1, -0.05) is 0 Å². The molecule has 68 valence electrons. The van der Waals surface area contributed by atoms with Gasteiger partial charge in [0.25, 0.3) is 0 Å². The fourth-order valence-corrected chi connectivity index (χ4v) is 5.19. The van der Waals surface area contributed by atoms with Crippen molar-refractivity contribution in [3.63, 3.8) is 0 Å². The molecule has 2 aliphatic heterocycles. The van der Waals surface area contributed by atoms with E-state index >= 15 is 0 Å². The van der Waals surface area contributed by atoms with E-state index in [0.29, 0.717) is 4.08 Å². The minimum Gasteiger partial charge on any atom is -0.711 e. The predicted octanol–water partition coefficient (Wildman–Crippen LogP) is 1.85. The maximum Gasteiger partial charge on any atom is 0.0818 e. The molecule has 1 unspecified atom stereocenters. The van der Waals surface area contributed by atoms with Crippen molar-refractivity contribution in [2.24, 2.45) is 5.11 Å². The van der Waals surface area contributed by atoms with Crippen molar-refractivity contribution in [2.75, 3.05) is 25.1 Å². The SMILES string of the molecule is CN1CC2(CC1N=[N-])SCCS2. The molecule has 2 rings (SSSR count). The second kappa shape index (κ2) is 3.20. The van der Waals surface area contributed by atoms with Gasteiger partial charge in [-0.05, 0) is 7.05 Å². The summed E-state index contributed by atoms with van der Waals surface area (Å²) in [7, 11) is 2.03. The highest BCUT2D eigenvalue weighted by atomic mass is 32.2. The Morgan fingerprint density at radius 1 is 1.50 bits per heavy atom. The van der Waals surface area contributed by atoms with Crippen molar-refractivity contribution < 1.29 is 0 Å². The van der Waals surface area contributed by atoms with Gasteiger partial charge in [-0.15, -0.1) is 23.5 Å². The molecule has 0 N–H and O–H groups in total. The molecule has 0 aliphatic carbocycles. The van der Waals surface area contributed by atoms with Crippen LogP contribution in [0.1, 0.15) is 6.42 Å². The molecule has 0 saturated carbocycles.